The fourth-order valence-electron chi connectivity index (χ4n) is 1.95. The van der Waals surface area contributed by atoms with Gasteiger partial charge < -0.3 is 4.74 Å². The maximum Gasteiger partial charge on any atom is 0.123 e. The Balaban J connectivity index is 1.82. The molecular formula is C18H21FN2O. The Morgan fingerprint density at radius 3 is 2.00 bits per heavy atom. The van der Waals surface area contributed by atoms with Crippen LogP contribution in [0.3, 0.4) is 0 Å². The van der Waals surface area contributed by atoms with Crippen LogP contribution in [0.2, 0.25) is 0 Å². The van der Waals surface area contributed by atoms with Crippen LogP contribution in [0.1, 0.15) is 32.6 Å². The van der Waals surface area contributed by atoms with E-state index in [0.717, 1.165) is 24.5 Å². The number of benzene rings is 2. The van der Waals surface area contributed by atoms with Crippen molar-refractivity contribution in [1.29, 1.82) is 0 Å². The summed E-state index contributed by atoms with van der Waals surface area (Å²) < 4.78 is 18.4. The Kier molecular flexibility index (Phi) is 6.55. The molecule has 0 fully saturated rings. The molecule has 3 nitrogen and oxygen atoms in total. The molecule has 0 N–H and O–H groups in total. The van der Waals surface area contributed by atoms with E-state index in [1.54, 1.807) is 12.1 Å². The molecule has 0 aliphatic heterocycles. The van der Waals surface area contributed by atoms with Crippen molar-refractivity contribution in [3.05, 3.63) is 54.3 Å². The van der Waals surface area contributed by atoms with Crippen LogP contribution in [0.5, 0.6) is 5.75 Å². The maximum atomic E-state index is 12.8. The number of hydrogen-bond donors (Lipinski definition) is 0. The van der Waals surface area contributed by atoms with E-state index in [1.807, 2.05) is 24.3 Å². The van der Waals surface area contributed by atoms with Crippen molar-refractivity contribution in [1.82, 2.24) is 0 Å². The molecule has 0 aromatic heterocycles. The zero-order valence-electron chi connectivity index (χ0n) is 12.8. The minimum absolute atomic E-state index is 0.278. The molecule has 0 radical (unpaired) electrons. The zero-order chi connectivity index (χ0) is 15.6. The lowest BCUT2D eigenvalue weighted by atomic mass is 10.2. The summed E-state index contributed by atoms with van der Waals surface area (Å²) in [4.78, 5) is 0. The highest BCUT2D eigenvalue weighted by atomic mass is 19.1. The van der Waals surface area contributed by atoms with E-state index >= 15 is 0 Å². The monoisotopic (exact) mass is 300 g/mol. The van der Waals surface area contributed by atoms with Crippen LogP contribution in [0.4, 0.5) is 15.8 Å². The second-order valence-corrected chi connectivity index (χ2v) is 5.08. The first kappa shape index (κ1) is 16.1. The summed E-state index contributed by atoms with van der Waals surface area (Å²) in [5.74, 6) is 0.566. The smallest absolute Gasteiger partial charge is 0.123 e. The van der Waals surface area contributed by atoms with Gasteiger partial charge in [0.15, 0.2) is 0 Å². The molecular weight excluding hydrogens is 279 g/mol. The molecule has 0 atom stereocenters. The van der Waals surface area contributed by atoms with E-state index in [2.05, 4.69) is 17.2 Å². The van der Waals surface area contributed by atoms with Crippen LogP contribution >= 0.6 is 0 Å². The van der Waals surface area contributed by atoms with E-state index in [4.69, 9.17) is 4.74 Å². The number of rotatable bonds is 8. The molecule has 0 bridgehead atoms. The molecule has 2 aromatic rings. The Hall–Kier alpha value is -2.23. The lowest BCUT2D eigenvalue weighted by Gasteiger charge is -2.05. The molecule has 0 amide bonds. The van der Waals surface area contributed by atoms with Gasteiger partial charge in [-0.05, 0) is 55.0 Å². The summed E-state index contributed by atoms with van der Waals surface area (Å²) in [6.07, 6.45) is 4.78. The Morgan fingerprint density at radius 1 is 0.818 bits per heavy atom. The van der Waals surface area contributed by atoms with Gasteiger partial charge in [0.25, 0.3) is 0 Å². The molecule has 4 heteroatoms. The van der Waals surface area contributed by atoms with Crippen LogP contribution < -0.4 is 4.74 Å². The van der Waals surface area contributed by atoms with Crippen molar-refractivity contribution in [2.75, 3.05) is 6.61 Å². The van der Waals surface area contributed by atoms with Gasteiger partial charge in [0, 0.05) is 0 Å². The molecule has 0 saturated carbocycles. The topological polar surface area (TPSA) is 34.0 Å². The molecule has 2 aromatic carbocycles. The normalized spacial score (nSPS) is 11.0. The molecule has 116 valence electrons. The van der Waals surface area contributed by atoms with Crippen molar-refractivity contribution >= 4 is 11.4 Å². The van der Waals surface area contributed by atoms with Crippen molar-refractivity contribution in [2.24, 2.45) is 10.2 Å². The first-order valence-corrected chi connectivity index (χ1v) is 7.68. The van der Waals surface area contributed by atoms with E-state index in [-0.39, 0.29) is 5.82 Å². The molecule has 0 unspecified atom stereocenters. The third-order valence-electron chi connectivity index (χ3n) is 3.21. The van der Waals surface area contributed by atoms with Gasteiger partial charge in [-0.1, -0.05) is 26.2 Å². The minimum atomic E-state index is -0.278. The maximum absolute atomic E-state index is 12.8. The van der Waals surface area contributed by atoms with Crippen LogP contribution in [0, 0.1) is 5.82 Å². The second-order valence-electron chi connectivity index (χ2n) is 5.08. The first-order chi connectivity index (χ1) is 10.8. The van der Waals surface area contributed by atoms with Crippen molar-refractivity contribution in [3.8, 4) is 5.75 Å². The van der Waals surface area contributed by atoms with E-state index < -0.39 is 0 Å². The number of azo groups is 1. The minimum Gasteiger partial charge on any atom is -0.494 e. The van der Waals surface area contributed by atoms with Gasteiger partial charge in [-0.15, -0.1) is 0 Å². The standard InChI is InChI=1S/C18H21FN2O/c1-2-3-4-5-14-22-18-12-10-17(11-13-18)21-20-16-8-6-15(19)7-9-16/h6-13H,2-5,14H2,1H3. The lowest BCUT2D eigenvalue weighted by molar-refractivity contribution is 0.305. The SMILES string of the molecule is CCCCCCOc1ccc(N=Nc2ccc(F)cc2)cc1. The van der Waals surface area contributed by atoms with Gasteiger partial charge in [-0.2, -0.15) is 10.2 Å². The molecule has 22 heavy (non-hydrogen) atoms. The summed E-state index contributed by atoms with van der Waals surface area (Å²) in [6, 6.07) is 13.4. The van der Waals surface area contributed by atoms with Crippen LogP contribution in [-0.2, 0) is 0 Å². The summed E-state index contributed by atoms with van der Waals surface area (Å²) in [5, 5.41) is 8.18. The fourth-order valence-corrected chi connectivity index (χ4v) is 1.95. The third-order valence-corrected chi connectivity index (χ3v) is 3.21. The third kappa shape index (κ3) is 5.64. The molecule has 2 rings (SSSR count). The molecule has 0 heterocycles. The highest BCUT2D eigenvalue weighted by molar-refractivity contribution is 5.42. The molecule has 0 saturated heterocycles. The van der Waals surface area contributed by atoms with Gasteiger partial charge >= 0.3 is 0 Å². The molecule has 0 aliphatic rings. The van der Waals surface area contributed by atoms with Crippen molar-refractivity contribution < 1.29 is 9.13 Å². The predicted molar refractivity (Wildman–Crippen MR) is 86.7 cm³/mol. The Morgan fingerprint density at radius 2 is 1.41 bits per heavy atom. The van der Waals surface area contributed by atoms with Crippen molar-refractivity contribution in [2.45, 2.75) is 32.6 Å². The largest absolute Gasteiger partial charge is 0.494 e. The van der Waals surface area contributed by atoms with Gasteiger partial charge in [0.05, 0.1) is 18.0 Å². The lowest BCUT2D eigenvalue weighted by Crippen LogP contribution is -1.96. The number of halogens is 1. The van der Waals surface area contributed by atoms with Crippen LogP contribution in [-0.4, -0.2) is 6.61 Å². The number of nitrogens with zero attached hydrogens (tertiary/aromatic N) is 2. The molecule has 0 aliphatic carbocycles. The molecule has 0 spiro atoms. The summed E-state index contributed by atoms with van der Waals surface area (Å²) in [7, 11) is 0. The average molecular weight is 300 g/mol. The van der Waals surface area contributed by atoms with Gasteiger partial charge in [0.1, 0.15) is 11.6 Å². The summed E-state index contributed by atoms with van der Waals surface area (Å²) in [6.45, 7) is 2.94. The van der Waals surface area contributed by atoms with E-state index in [0.29, 0.717) is 5.69 Å². The van der Waals surface area contributed by atoms with Gasteiger partial charge in [-0.25, -0.2) is 4.39 Å². The summed E-state index contributed by atoms with van der Waals surface area (Å²) in [5.41, 5.74) is 1.36. The number of hydrogen-bond acceptors (Lipinski definition) is 3. The van der Waals surface area contributed by atoms with E-state index in [1.165, 1.54) is 31.4 Å². The van der Waals surface area contributed by atoms with Crippen molar-refractivity contribution in [3.63, 3.8) is 0 Å². The average Bonchev–Trinajstić information content (AvgIpc) is 2.55. The highest BCUT2D eigenvalue weighted by Crippen LogP contribution is 2.21. The summed E-state index contributed by atoms with van der Waals surface area (Å²) >= 11 is 0. The second kappa shape index (κ2) is 8.93. The Labute approximate surface area is 130 Å². The van der Waals surface area contributed by atoms with Crippen LogP contribution in [0.15, 0.2) is 58.8 Å². The Bertz CT molecular complexity index is 579. The fraction of sp³-hybridized carbons (Fsp3) is 0.333. The quantitative estimate of drug-likeness (QED) is 0.422. The first-order valence-electron chi connectivity index (χ1n) is 7.68. The van der Waals surface area contributed by atoms with Crippen LogP contribution in [0.25, 0.3) is 0 Å². The number of ether oxygens (including phenoxy) is 1. The zero-order valence-corrected chi connectivity index (χ0v) is 12.8. The number of unbranched alkanes of at least 4 members (excludes halogenated alkanes) is 3. The van der Waals surface area contributed by atoms with Gasteiger partial charge in [-0.3, -0.25) is 0 Å². The van der Waals surface area contributed by atoms with E-state index in [9.17, 15) is 4.39 Å². The van der Waals surface area contributed by atoms with Gasteiger partial charge in [0.2, 0.25) is 0 Å². The predicted octanol–water partition coefficient (Wildman–Crippen LogP) is 6.20. The highest BCUT2D eigenvalue weighted by Gasteiger charge is 1.96.